The zero-order valence-corrected chi connectivity index (χ0v) is 32.2. The van der Waals surface area contributed by atoms with Crippen LogP contribution in [-0.4, -0.2) is 69.6 Å². The van der Waals surface area contributed by atoms with Gasteiger partial charge in [0.25, 0.3) is 5.91 Å². The third-order valence-electron chi connectivity index (χ3n) is 11.3. The van der Waals surface area contributed by atoms with Gasteiger partial charge in [0, 0.05) is 37.2 Å². The van der Waals surface area contributed by atoms with Crippen LogP contribution in [0, 0.1) is 5.82 Å². The Bertz CT molecular complexity index is 2810. The number of likely N-dealkylation sites (tertiary alicyclic amines) is 1. The summed E-state index contributed by atoms with van der Waals surface area (Å²) in [7, 11) is -2.64. The number of imidazole rings is 1. The van der Waals surface area contributed by atoms with Crippen LogP contribution in [0.1, 0.15) is 54.3 Å². The molecule has 298 valence electrons. The van der Waals surface area contributed by atoms with Gasteiger partial charge < -0.3 is 4.74 Å². The molecule has 3 aliphatic rings. The summed E-state index contributed by atoms with van der Waals surface area (Å²) in [5.74, 6) is -2.13. The summed E-state index contributed by atoms with van der Waals surface area (Å²) < 4.78 is 55.7. The average molecular weight is 807 g/mol. The molecule has 3 aliphatic heterocycles. The number of hydrogen-bond acceptors (Lipinski definition) is 9. The number of carbonyl (C=O) groups is 3. The van der Waals surface area contributed by atoms with Gasteiger partial charge in [-0.3, -0.25) is 33.7 Å². The van der Waals surface area contributed by atoms with Crippen LogP contribution in [0.15, 0.2) is 90.0 Å². The monoisotopic (exact) mass is 806 g/mol. The highest BCUT2D eigenvalue weighted by molar-refractivity contribution is 7.92. The molecule has 6 aromatic rings. The van der Waals surface area contributed by atoms with Crippen molar-refractivity contribution in [3.8, 4) is 11.4 Å². The minimum Gasteiger partial charge on any atom is -0.487 e. The Morgan fingerprint density at radius 3 is 2.43 bits per heavy atom. The normalized spacial score (nSPS) is 18.9. The molecule has 3 amide bonds. The van der Waals surface area contributed by atoms with Crippen molar-refractivity contribution in [3.63, 3.8) is 0 Å². The Hall–Kier alpha value is -6.33. The summed E-state index contributed by atoms with van der Waals surface area (Å²) in [5.41, 5.74) is 4.23. The smallest absolute Gasteiger partial charge is 0.329 e. The number of ether oxygens (including phenoxy) is 1. The molecule has 0 spiro atoms. The van der Waals surface area contributed by atoms with Crippen LogP contribution >= 0.6 is 0 Å². The van der Waals surface area contributed by atoms with E-state index in [1.54, 1.807) is 46.8 Å². The second kappa shape index (κ2) is 14.6. The molecule has 1 unspecified atom stereocenters. The van der Waals surface area contributed by atoms with E-state index in [-0.39, 0.29) is 53.8 Å². The van der Waals surface area contributed by atoms with E-state index in [2.05, 4.69) is 15.3 Å². The molecule has 0 radical (unpaired) electrons. The Labute approximate surface area is 331 Å². The van der Waals surface area contributed by atoms with Crippen molar-refractivity contribution in [3.05, 3.63) is 118 Å². The molecular weight excluding hydrogens is 768 g/mol. The highest BCUT2D eigenvalue weighted by Crippen LogP contribution is 2.40. The summed E-state index contributed by atoms with van der Waals surface area (Å²) in [4.78, 5) is 52.1. The quantitative estimate of drug-likeness (QED) is 0.206. The number of aromatic nitrogens is 4. The number of carbonyl (C=O) groups excluding carboxylic acids is 3. The van der Waals surface area contributed by atoms with Crippen molar-refractivity contribution in [2.45, 2.75) is 50.8 Å². The first-order chi connectivity index (χ1) is 27.9. The molecule has 1 atom stereocenters. The van der Waals surface area contributed by atoms with Gasteiger partial charge in [0.05, 0.1) is 22.9 Å². The maximum atomic E-state index is 16.6. The van der Waals surface area contributed by atoms with Crippen molar-refractivity contribution in [1.82, 2.24) is 33.9 Å². The Balaban J connectivity index is 0.906. The first-order valence-electron chi connectivity index (χ1n) is 19.0. The fraction of sp³-hybridized carbons (Fsp3) is 0.293. The number of halogens is 1. The molecule has 3 fully saturated rings. The van der Waals surface area contributed by atoms with E-state index in [0.29, 0.717) is 27.4 Å². The number of fused-ring (bicyclic) bond motifs is 2. The topological polar surface area (TPSA) is 170 Å². The third kappa shape index (κ3) is 6.79. The molecule has 17 heteroatoms. The lowest BCUT2D eigenvalue weighted by Gasteiger charge is -2.32. The lowest BCUT2D eigenvalue weighted by atomic mass is 9.89. The van der Waals surface area contributed by atoms with Gasteiger partial charge >= 0.3 is 15.9 Å². The molecular formula is C41H39FN8O7S. The molecule has 15 nitrogen and oxygen atoms in total. The molecule has 0 aliphatic carbocycles. The van der Waals surface area contributed by atoms with Gasteiger partial charge in [-0.1, -0.05) is 42.5 Å². The zero-order chi connectivity index (χ0) is 40.3. The van der Waals surface area contributed by atoms with E-state index in [1.165, 1.54) is 4.57 Å². The molecule has 9 rings (SSSR count). The number of nitrogens with one attached hydrogen (secondary N) is 2. The van der Waals surface area contributed by atoms with Crippen molar-refractivity contribution >= 4 is 55.4 Å². The number of amides is 3. The molecule has 2 N–H and O–H groups in total. The number of imide groups is 1. The van der Waals surface area contributed by atoms with Gasteiger partial charge in [-0.25, -0.2) is 22.9 Å². The second-order valence-electron chi connectivity index (χ2n) is 15.0. The van der Waals surface area contributed by atoms with Crippen molar-refractivity contribution in [2.24, 2.45) is 7.05 Å². The number of hydrogen-bond donors (Lipinski definition) is 2. The maximum absolute atomic E-state index is 16.6. The van der Waals surface area contributed by atoms with Crippen LogP contribution in [-0.2, 0) is 44.8 Å². The number of benzene rings is 4. The van der Waals surface area contributed by atoms with Gasteiger partial charge in [-0.2, -0.15) is 13.5 Å². The predicted octanol–water partition coefficient (Wildman–Crippen LogP) is 3.94. The van der Waals surface area contributed by atoms with E-state index in [9.17, 15) is 27.6 Å². The van der Waals surface area contributed by atoms with E-state index in [1.807, 2.05) is 59.4 Å². The first-order valence-corrected chi connectivity index (χ1v) is 20.4. The largest absolute Gasteiger partial charge is 0.487 e. The van der Waals surface area contributed by atoms with Crippen LogP contribution in [0.25, 0.3) is 27.5 Å². The molecule has 3 saturated heterocycles. The van der Waals surface area contributed by atoms with Crippen LogP contribution in [0.4, 0.5) is 10.1 Å². The number of aryl methyl sites for hydroxylation is 1. The van der Waals surface area contributed by atoms with Gasteiger partial charge in [0.15, 0.2) is 5.82 Å². The Morgan fingerprint density at radius 2 is 1.69 bits per heavy atom. The SMILES string of the molecule is Cn1c(=O)n(C2CCC(=O)NC2=O)c2ccc(C3CCN(Cc4cnn(-c5ccc6cc(OCc7ccccc7)c(N7CC(=O)NS7(=O)=O)c(F)c6c5)c4)CC3)cc21. The lowest BCUT2D eigenvalue weighted by molar-refractivity contribution is -0.135. The van der Waals surface area contributed by atoms with Gasteiger partial charge in [0.1, 0.15) is 30.6 Å². The summed E-state index contributed by atoms with van der Waals surface area (Å²) in [6.45, 7) is 1.79. The van der Waals surface area contributed by atoms with Crippen LogP contribution < -0.4 is 24.8 Å². The summed E-state index contributed by atoms with van der Waals surface area (Å²) in [6, 6.07) is 21.1. The molecule has 4 aromatic carbocycles. The van der Waals surface area contributed by atoms with Crippen LogP contribution in [0.5, 0.6) is 5.75 Å². The minimum atomic E-state index is -4.34. The van der Waals surface area contributed by atoms with E-state index >= 15 is 4.39 Å². The number of rotatable bonds is 9. The Kier molecular flexibility index (Phi) is 9.35. The highest BCUT2D eigenvalue weighted by Gasteiger charge is 2.38. The van der Waals surface area contributed by atoms with Crippen molar-refractivity contribution in [1.29, 1.82) is 0 Å². The third-order valence-corrected chi connectivity index (χ3v) is 12.7. The maximum Gasteiger partial charge on any atom is 0.329 e. The highest BCUT2D eigenvalue weighted by atomic mass is 32.2. The first kappa shape index (κ1) is 37.3. The van der Waals surface area contributed by atoms with Gasteiger partial charge in [0.2, 0.25) is 11.8 Å². The van der Waals surface area contributed by atoms with Gasteiger partial charge in [-0.15, -0.1) is 0 Å². The fourth-order valence-electron chi connectivity index (χ4n) is 8.30. The summed E-state index contributed by atoms with van der Waals surface area (Å²) in [5, 5.41) is 7.53. The fourth-order valence-corrected chi connectivity index (χ4v) is 9.46. The van der Waals surface area contributed by atoms with Crippen molar-refractivity contribution < 1.29 is 31.9 Å². The number of nitrogens with zero attached hydrogens (tertiary/aromatic N) is 6. The lowest BCUT2D eigenvalue weighted by Crippen LogP contribution is -2.44. The Morgan fingerprint density at radius 1 is 0.897 bits per heavy atom. The summed E-state index contributed by atoms with van der Waals surface area (Å²) >= 11 is 0. The number of piperidine rings is 2. The van der Waals surface area contributed by atoms with E-state index in [4.69, 9.17) is 4.74 Å². The summed E-state index contributed by atoms with van der Waals surface area (Å²) in [6.07, 6.45) is 5.93. The van der Waals surface area contributed by atoms with Gasteiger partial charge in [-0.05, 0) is 85.1 Å². The van der Waals surface area contributed by atoms with Crippen molar-refractivity contribution in [2.75, 3.05) is 23.9 Å². The zero-order valence-electron chi connectivity index (χ0n) is 31.4. The molecule has 0 saturated carbocycles. The van der Waals surface area contributed by atoms with E-state index in [0.717, 1.165) is 48.1 Å². The molecule has 0 bridgehead atoms. The standard InChI is InChI=1S/C41H39FN8O7S/c1-46-34-17-28(8-10-32(34)50(41(46)54)33-11-12-36(51)44-40(33)53)27-13-15-47(16-14-27)21-26-20-43-48(22-26)30-9-7-29-18-35(57-24-25-5-3-2-4-6-25)39(38(42)31(29)19-30)49-23-37(52)45-58(49,55)56/h2-10,17-20,22,27,33H,11-16,21,23-24H2,1H3,(H,45,52)(H,44,51,53). The number of anilines is 1. The molecule has 5 heterocycles. The second-order valence-corrected chi connectivity index (χ2v) is 16.6. The molecule has 58 heavy (non-hydrogen) atoms. The predicted molar refractivity (Wildman–Crippen MR) is 212 cm³/mol. The van der Waals surface area contributed by atoms with Crippen LogP contribution in [0.3, 0.4) is 0 Å². The molecule has 2 aromatic heterocycles. The average Bonchev–Trinajstić information content (AvgIpc) is 3.86. The minimum absolute atomic E-state index is 0.0122. The van der Waals surface area contributed by atoms with E-state index < -0.39 is 40.4 Å². The van der Waals surface area contributed by atoms with Crippen LogP contribution in [0.2, 0.25) is 0 Å².